The Morgan fingerprint density at radius 2 is 2.00 bits per heavy atom. The van der Waals surface area contributed by atoms with Gasteiger partial charge in [-0.2, -0.15) is 0 Å². The van der Waals surface area contributed by atoms with E-state index in [9.17, 15) is 0 Å². The molecule has 0 spiro atoms. The van der Waals surface area contributed by atoms with E-state index in [0.717, 1.165) is 10.0 Å². The number of ether oxygens (including phenoxy) is 2. The van der Waals surface area contributed by atoms with Gasteiger partial charge in [-0.3, -0.25) is 0 Å². The summed E-state index contributed by atoms with van der Waals surface area (Å²) in [5.41, 5.74) is 6.33. The third-order valence-corrected chi connectivity index (χ3v) is 2.27. The van der Waals surface area contributed by atoms with Crippen LogP contribution in [0.3, 0.4) is 0 Å². The maximum Gasteiger partial charge on any atom is 0.175 e. The molecule has 0 heterocycles. The Morgan fingerprint density at radius 3 is 2.46 bits per heavy atom. The molecule has 13 heavy (non-hydrogen) atoms. The summed E-state index contributed by atoms with van der Waals surface area (Å²) in [6.45, 7) is 0.382. The highest BCUT2D eigenvalue weighted by Crippen LogP contribution is 2.37. The lowest BCUT2D eigenvalue weighted by molar-refractivity contribution is 0.350. The van der Waals surface area contributed by atoms with Gasteiger partial charge in [0.25, 0.3) is 0 Å². The lowest BCUT2D eigenvalue weighted by Crippen LogP contribution is -2.02. The van der Waals surface area contributed by atoms with Crippen LogP contribution in [-0.2, 0) is 6.54 Å². The zero-order valence-corrected chi connectivity index (χ0v) is 9.14. The van der Waals surface area contributed by atoms with E-state index >= 15 is 0 Å². The third-order valence-electron chi connectivity index (χ3n) is 1.68. The van der Waals surface area contributed by atoms with Crippen molar-refractivity contribution < 1.29 is 9.47 Å². The molecule has 0 saturated heterocycles. The van der Waals surface area contributed by atoms with Crippen molar-refractivity contribution in [3.63, 3.8) is 0 Å². The van der Waals surface area contributed by atoms with Crippen molar-refractivity contribution in [2.24, 2.45) is 5.73 Å². The topological polar surface area (TPSA) is 44.5 Å². The molecule has 1 rings (SSSR count). The van der Waals surface area contributed by atoms with Crippen molar-refractivity contribution in [3.8, 4) is 11.5 Å². The average Bonchev–Trinajstić information content (AvgIpc) is 2.17. The van der Waals surface area contributed by atoms with Gasteiger partial charge >= 0.3 is 0 Å². The van der Waals surface area contributed by atoms with Crippen LogP contribution in [0.1, 0.15) is 5.56 Å². The van der Waals surface area contributed by atoms with Gasteiger partial charge in [0, 0.05) is 12.1 Å². The minimum absolute atomic E-state index is 0.382. The third kappa shape index (κ3) is 1.95. The Balaban J connectivity index is 3.27. The fourth-order valence-corrected chi connectivity index (χ4v) is 1.54. The summed E-state index contributed by atoms with van der Waals surface area (Å²) in [5.74, 6) is 1.29. The highest BCUT2D eigenvalue weighted by molar-refractivity contribution is 9.10. The van der Waals surface area contributed by atoms with Gasteiger partial charge in [0.05, 0.1) is 18.7 Å². The predicted molar refractivity (Wildman–Crippen MR) is 54.0 cm³/mol. The van der Waals surface area contributed by atoms with Gasteiger partial charge in [0.2, 0.25) is 0 Å². The van der Waals surface area contributed by atoms with Gasteiger partial charge in [-0.15, -0.1) is 0 Å². The van der Waals surface area contributed by atoms with E-state index in [4.69, 9.17) is 15.2 Å². The minimum Gasteiger partial charge on any atom is -0.492 e. The fourth-order valence-electron chi connectivity index (χ4n) is 1.08. The molecule has 71 valence electrons. The van der Waals surface area contributed by atoms with Crippen molar-refractivity contribution >= 4 is 15.9 Å². The van der Waals surface area contributed by atoms with E-state index < -0.39 is 0 Å². The number of benzene rings is 1. The molecule has 0 aliphatic heterocycles. The molecular formula is C9H11BrNO2. The van der Waals surface area contributed by atoms with Crippen LogP contribution < -0.4 is 15.2 Å². The van der Waals surface area contributed by atoms with E-state index in [2.05, 4.69) is 22.0 Å². The van der Waals surface area contributed by atoms with Crippen LogP contribution in [0.2, 0.25) is 0 Å². The smallest absolute Gasteiger partial charge is 0.175 e. The summed E-state index contributed by atoms with van der Waals surface area (Å²) in [6.07, 6.45) is 0. The van der Waals surface area contributed by atoms with Crippen molar-refractivity contribution in [1.29, 1.82) is 0 Å². The van der Waals surface area contributed by atoms with Crippen LogP contribution in [-0.4, -0.2) is 14.2 Å². The van der Waals surface area contributed by atoms with Crippen LogP contribution in [0.25, 0.3) is 0 Å². The van der Waals surface area contributed by atoms with Crippen molar-refractivity contribution in [3.05, 3.63) is 22.2 Å². The van der Waals surface area contributed by atoms with Crippen LogP contribution in [0.15, 0.2) is 10.5 Å². The van der Waals surface area contributed by atoms with E-state index in [1.165, 1.54) is 0 Å². The highest BCUT2D eigenvalue weighted by atomic mass is 79.9. The molecule has 0 saturated carbocycles. The first-order valence-electron chi connectivity index (χ1n) is 3.75. The maximum atomic E-state index is 5.52. The number of rotatable bonds is 3. The first-order valence-corrected chi connectivity index (χ1v) is 4.55. The first-order chi connectivity index (χ1) is 6.24. The Labute approximate surface area is 86.0 Å². The summed E-state index contributed by atoms with van der Waals surface area (Å²) < 4.78 is 11.1. The Bertz CT molecular complexity index is 302. The van der Waals surface area contributed by atoms with E-state index in [1.807, 2.05) is 0 Å². The van der Waals surface area contributed by atoms with Gasteiger partial charge in [-0.25, -0.2) is 0 Å². The summed E-state index contributed by atoms with van der Waals surface area (Å²) in [5, 5.41) is 0. The van der Waals surface area contributed by atoms with Gasteiger partial charge in [0.15, 0.2) is 11.5 Å². The number of methoxy groups -OCH3 is 2. The molecule has 2 N–H and O–H groups in total. The number of nitrogens with two attached hydrogens (primary N) is 1. The van der Waals surface area contributed by atoms with Gasteiger partial charge in [-0.1, -0.05) is 0 Å². The lowest BCUT2D eigenvalue weighted by Gasteiger charge is -2.12. The molecule has 0 aliphatic carbocycles. The molecule has 0 aromatic heterocycles. The molecule has 1 radical (unpaired) electrons. The van der Waals surface area contributed by atoms with Crippen molar-refractivity contribution in [2.75, 3.05) is 14.2 Å². The molecule has 4 heteroatoms. The molecule has 0 fully saturated rings. The molecule has 3 nitrogen and oxygen atoms in total. The monoisotopic (exact) mass is 244 g/mol. The Kier molecular flexibility index (Phi) is 3.57. The summed E-state index contributed by atoms with van der Waals surface area (Å²) in [6, 6.07) is 4.77. The first kappa shape index (κ1) is 10.3. The van der Waals surface area contributed by atoms with Gasteiger partial charge < -0.3 is 15.2 Å². The van der Waals surface area contributed by atoms with Crippen molar-refractivity contribution in [2.45, 2.75) is 6.54 Å². The molecule has 1 aromatic carbocycles. The van der Waals surface area contributed by atoms with E-state index in [-0.39, 0.29) is 0 Å². The van der Waals surface area contributed by atoms with Crippen LogP contribution in [0.4, 0.5) is 0 Å². The molecule has 0 amide bonds. The second-order valence-corrected chi connectivity index (χ2v) is 3.24. The molecule has 0 unspecified atom stereocenters. The molecule has 0 aliphatic rings. The van der Waals surface area contributed by atoms with Gasteiger partial charge in [0.1, 0.15) is 0 Å². The van der Waals surface area contributed by atoms with Crippen LogP contribution in [0, 0.1) is 6.07 Å². The van der Waals surface area contributed by atoms with E-state index in [1.54, 1.807) is 20.3 Å². The zero-order chi connectivity index (χ0) is 9.84. The summed E-state index contributed by atoms with van der Waals surface area (Å²) in [4.78, 5) is 0. The Hall–Kier alpha value is -0.740. The second kappa shape index (κ2) is 4.48. The van der Waals surface area contributed by atoms with Crippen LogP contribution >= 0.6 is 15.9 Å². The summed E-state index contributed by atoms with van der Waals surface area (Å²) >= 11 is 3.33. The molecule has 0 bridgehead atoms. The highest BCUT2D eigenvalue weighted by Gasteiger charge is 2.12. The van der Waals surface area contributed by atoms with Gasteiger partial charge in [-0.05, 0) is 28.1 Å². The number of hydrogen-bond donors (Lipinski definition) is 1. The maximum absolute atomic E-state index is 5.52. The summed E-state index contributed by atoms with van der Waals surface area (Å²) in [7, 11) is 3.17. The SMILES string of the molecule is COc1c(CN)[c]cc(Br)c1OC. The molecule has 0 atom stereocenters. The minimum atomic E-state index is 0.382. The quantitative estimate of drug-likeness (QED) is 0.881. The predicted octanol–water partition coefficient (Wildman–Crippen LogP) is 1.73. The molecule has 1 aromatic rings. The van der Waals surface area contributed by atoms with E-state index in [0.29, 0.717) is 18.0 Å². The average molecular weight is 245 g/mol. The zero-order valence-electron chi connectivity index (χ0n) is 7.56. The largest absolute Gasteiger partial charge is 0.492 e. The molecular weight excluding hydrogens is 234 g/mol. The van der Waals surface area contributed by atoms with Crippen LogP contribution in [0.5, 0.6) is 11.5 Å². The van der Waals surface area contributed by atoms with Crippen molar-refractivity contribution in [1.82, 2.24) is 0 Å². The Morgan fingerprint density at radius 1 is 1.38 bits per heavy atom. The number of halogens is 1. The normalized spacial score (nSPS) is 9.85. The number of hydrogen-bond acceptors (Lipinski definition) is 3. The fraction of sp³-hybridized carbons (Fsp3) is 0.333. The lowest BCUT2D eigenvalue weighted by atomic mass is 10.2. The standard InChI is InChI=1S/C9H11BrNO2/c1-12-8-6(5-11)3-4-7(10)9(8)13-2/h4H,5,11H2,1-2H3. The second-order valence-electron chi connectivity index (χ2n) is 2.39.